The summed E-state index contributed by atoms with van der Waals surface area (Å²) < 4.78 is 51.9. The van der Waals surface area contributed by atoms with Crippen LogP contribution in [0.15, 0.2) is 48.5 Å². The van der Waals surface area contributed by atoms with Gasteiger partial charge in [-0.1, -0.05) is 24.3 Å². The number of nitrogens with zero attached hydrogens (tertiary/aromatic N) is 1. The fraction of sp³-hybridized carbons (Fsp3) is 0.316. The van der Waals surface area contributed by atoms with E-state index in [0.29, 0.717) is 17.7 Å². The molecule has 2 aromatic rings. The van der Waals surface area contributed by atoms with Crippen molar-refractivity contribution in [1.29, 1.82) is 0 Å². The summed E-state index contributed by atoms with van der Waals surface area (Å²) in [7, 11) is 0. The molecule has 1 unspecified atom stereocenters. The van der Waals surface area contributed by atoms with Crippen molar-refractivity contribution in [2.75, 3.05) is 6.54 Å². The Kier molecular flexibility index (Phi) is 5.82. The molecule has 134 valence electrons. The first kappa shape index (κ1) is 19.0. The van der Waals surface area contributed by atoms with Crippen molar-refractivity contribution < 1.29 is 22.4 Å². The van der Waals surface area contributed by atoms with E-state index in [1.54, 1.807) is 26.0 Å². The first-order chi connectivity index (χ1) is 11.7. The second-order valence-electron chi connectivity index (χ2n) is 5.79. The zero-order valence-electron chi connectivity index (χ0n) is 14.0. The maximum atomic E-state index is 13.2. The number of carbonyl (C=O) groups is 1. The van der Waals surface area contributed by atoms with E-state index >= 15 is 0 Å². The Labute approximate surface area is 144 Å². The highest BCUT2D eigenvalue weighted by Crippen LogP contribution is 2.32. The van der Waals surface area contributed by atoms with Gasteiger partial charge in [0.15, 0.2) is 0 Å². The van der Waals surface area contributed by atoms with Crippen molar-refractivity contribution in [2.45, 2.75) is 32.5 Å². The minimum absolute atomic E-state index is 0.00506. The molecule has 1 amide bonds. The quantitative estimate of drug-likeness (QED) is 0.693. The summed E-state index contributed by atoms with van der Waals surface area (Å²) in [6, 6.07) is 10.2. The number of carbonyl (C=O) groups excluding carboxylic acids is 1. The zero-order valence-corrected chi connectivity index (χ0v) is 14.0. The molecular weight excluding hydrogens is 334 g/mol. The van der Waals surface area contributed by atoms with Crippen molar-refractivity contribution in [3.8, 4) is 0 Å². The average molecular weight is 353 g/mol. The molecule has 0 spiro atoms. The number of benzene rings is 2. The lowest BCUT2D eigenvalue weighted by Crippen LogP contribution is -2.34. The third kappa shape index (κ3) is 4.81. The maximum Gasteiger partial charge on any atom is 0.416 e. The van der Waals surface area contributed by atoms with E-state index in [4.69, 9.17) is 0 Å². The molecule has 0 N–H and O–H groups in total. The largest absolute Gasteiger partial charge is 0.416 e. The minimum atomic E-state index is -4.43. The predicted octanol–water partition coefficient (Wildman–Crippen LogP) is 5.00. The Bertz CT molecular complexity index is 742. The van der Waals surface area contributed by atoms with Gasteiger partial charge in [0.25, 0.3) is 0 Å². The zero-order chi connectivity index (χ0) is 18.6. The van der Waals surface area contributed by atoms with Gasteiger partial charge in [0.1, 0.15) is 5.82 Å². The normalized spacial score (nSPS) is 12.7. The molecule has 0 saturated carbocycles. The van der Waals surface area contributed by atoms with Crippen LogP contribution in [0.5, 0.6) is 0 Å². The van der Waals surface area contributed by atoms with Crippen molar-refractivity contribution in [3.63, 3.8) is 0 Å². The first-order valence-electron chi connectivity index (χ1n) is 7.93. The fourth-order valence-corrected chi connectivity index (χ4v) is 2.74. The van der Waals surface area contributed by atoms with Gasteiger partial charge in [-0.2, -0.15) is 13.2 Å². The number of amides is 1. The molecule has 0 aromatic heterocycles. The van der Waals surface area contributed by atoms with Crippen LogP contribution >= 0.6 is 0 Å². The van der Waals surface area contributed by atoms with E-state index in [-0.39, 0.29) is 12.3 Å². The Hall–Kier alpha value is -2.37. The molecule has 0 aliphatic heterocycles. The summed E-state index contributed by atoms with van der Waals surface area (Å²) in [5, 5.41) is 0. The van der Waals surface area contributed by atoms with Gasteiger partial charge < -0.3 is 4.90 Å². The van der Waals surface area contributed by atoms with Gasteiger partial charge in [0.05, 0.1) is 18.0 Å². The molecule has 0 fully saturated rings. The lowest BCUT2D eigenvalue weighted by Gasteiger charge is -2.29. The standard InChI is InChI=1S/C19H19F4NO/c1-3-24(18(25)11-14-6-4-9-17(20)10-14)13(2)15-7-5-8-16(12-15)19(21,22)23/h4-10,12-13H,3,11H2,1-2H3. The summed E-state index contributed by atoms with van der Waals surface area (Å²) >= 11 is 0. The van der Waals surface area contributed by atoms with Gasteiger partial charge in [0, 0.05) is 6.54 Å². The van der Waals surface area contributed by atoms with Crippen LogP contribution in [0.4, 0.5) is 17.6 Å². The monoisotopic (exact) mass is 353 g/mol. The summed E-state index contributed by atoms with van der Waals surface area (Å²) in [5.41, 5.74) is 0.189. The highest BCUT2D eigenvalue weighted by Gasteiger charge is 2.31. The van der Waals surface area contributed by atoms with Gasteiger partial charge in [0.2, 0.25) is 5.91 Å². The molecule has 0 saturated heterocycles. The van der Waals surface area contributed by atoms with Crippen LogP contribution in [-0.2, 0) is 17.4 Å². The number of likely N-dealkylation sites (N-methyl/N-ethyl adjacent to an activating group) is 1. The molecule has 0 aliphatic carbocycles. The SMILES string of the molecule is CCN(C(=O)Cc1cccc(F)c1)C(C)c1cccc(C(F)(F)F)c1. The van der Waals surface area contributed by atoms with Crippen molar-refractivity contribution in [2.24, 2.45) is 0 Å². The smallest absolute Gasteiger partial charge is 0.336 e. The molecule has 1 atom stereocenters. The first-order valence-corrected chi connectivity index (χ1v) is 7.93. The number of alkyl halides is 3. The molecular formula is C19H19F4NO. The van der Waals surface area contributed by atoms with Gasteiger partial charge in [-0.05, 0) is 49.2 Å². The molecule has 2 aromatic carbocycles. The molecule has 2 nitrogen and oxygen atoms in total. The topological polar surface area (TPSA) is 20.3 Å². The van der Waals surface area contributed by atoms with E-state index in [1.165, 1.54) is 29.2 Å². The molecule has 0 aliphatic rings. The van der Waals surface area contributed by atoms with E-state index < -0.39 is 23.6 Å². The highest BCUT2D eigenvalue weighted by molar-refractivity contribution is 5.79. The second-order valence-corrected chi connectivity index (χ2v) is 5.79. The van der Waals surface area contributed by atoms with Crippen molar-refractivity contribution in [1.82, 2.24) is 4.90 Å². The highest BCUT2D eigenvalue weighted by atomic mass is 19.4. The Balaban J connectivity index is 2.20. The van der Waals surface area contributed by atoms with E-state index in [0.717, 1.165) is 12.1 Å². The average Bonchev–Trinajstić information content (AvgIpc) is 2.54. The van der Waals surface area contributed by atoms with Crippen LogP contribution < -0.4 is 0 Å². The Morgan fingerprint density at radius 1 is 1.12 bits per heavy atom. The second kappa shape index (κ2) is 7.68. The summed E-state index contributed by atoms with van der Waals surface area (Å²) in [4.78, 5) is 14.0. The third-order valence-corrected chi connectivity index (χ3v) is 4.07. The lowest BCUT2D eigenvalue weighted by molar-refractivity contribution is -0.137. The predicted molar refractivity (Wildman–Crippen MR) is 87.4 cm³/mol. The summed E-state index contributed by atoms with van der Waals surface area (Å²) in [6.07, 6.45) is -4.44. The molecule has 0 radical (unpaired) electrons. The van der Waals surface area contributed by atoms with Gasteiger partial charge in [-0.15, -0.1) is 0 Å². The van der Waals surface area contributed by atoms with Crippen LogP contribution in [-0.4, -0.2) is 17.4 Å². The number of hydrogen-bond donors (Lipinski definition) is 0. The lowest BCUT2D eigenvalue weighted by atomic mass is 10.0. The fourth-order valence-electron chi connectivity index (χ4n) is 2.74. The molecule has 25 heavy (non-hydrogen) atoms. The number of hydrogen-bond acceptors (Lipinski definition) is 1. The molecule has 0 heterocycles. The maximum absolute atomic E-state index is 13.2. The molecule has 2 rings (SSSR count). The minimum Gasteiger partial charge on any atom is -0.336 e. The Morgan fingerprint density at radius 2 is 1.80 bits per heavy atom. The van der Waals surface area contributed by atoms with E-state index in [2.05, 4.69) is 0 Å². The van der Waals surface area contributed by atoms with Gasteiger partial charge in [-0.25, -0.2) is 4.39 Å². The van der Waals surface area contributed by atoms with Crippen molar-refractivity contribution in [3.05, 3.63) is 71.0 Å². The van der Waals surface area contributed by atoms with E-state index in [9.17, 15) is 22.4 Å². The summed E-state index contributed by atoms with van der Waals surface area (Å²) in [6.45, 7) is 3.78. The van der Waals surface area contributed by atoms with E-state index in [1.807, 2.05) is 0 Å². The van der Waals surface area contributed by atoms with Gasteiger partial charge in [-0.3, -0.25) is 4.79 Å². The van der Waals surface area contributed by atoms with Crippen LogP contribution in [0, 0.1) is 5.82 Å². The molecule has 0 bridgehead atoms. The summed E-state index contributed by atoms with van der Waals surface area (Å²) in [5.74, 6) is -0.697. The third-order valence-electron chi connectivity index (χ3n) is 4.07. The van der Waals surface area contributed by atoms with Crippen molar-refractivity contribution >= 4 is 5.91 Å². The van der Waals surface area contributed by atoms with Crippen LogP contribution in [0.25, 0.3) is 0 Å². The number of halogens is 4. The number of rotatable bonds is 5. The van der Waals surface area contributed by atoms with Crippen LogP contribution in [0.1, 0.15) is 36.6 Å². The van der Waals surface area contributed by atoms with Crippen LogP contribution in [0.3, 0.4) is 0 Å². The molecule has 6 heteroatoms. The van der Waals surface area contributed by atoms with Crippen LogP contribution in [0.2, 0.25) is 0 Å². The Morgan fingerprint density at radius 3 is 2.40 bits per heavy atom. The van der Waals surface area contributed by atoms with Gasteiger partial charge >= 0.3 is 6.18 Å².